The van der Waals surface area contributed by atoms with Gasteiger partial charge in [-0.05, 0) is 11.5 Å². The number of nitrogens with zero attached hydrogens (tertiary/aromatic N) is 2. The minimum absolute atomic E-state index is 0.00247. The van der Waals surface area contributed by atoms with Gasteiger partial charge in [0, 0.05) is 11.5 Å². The maximum absolute atomic E-state index is 5.60. The molecule has 19 heavy (non-hydrogen) atoms. The highest BCUT2D eigenvalue weighted by Gasteiger charge is 2.04. The molecule has 6 N–H and O–H groups in total. The first-order valence-corrected chi connectivity index (χ1v) is 5.60. The average molecular weight is 257 g/mol. The number of aliphatic imine (C=N–C) groups is 2. The number of guanidine groups is 2. The number of benzene rings is 2. The first-order valence-electron chi connectivity index (χ1n) is 5.60. The molecule has 2 aromatic carbocycles. The third-order valence-electron chi connectivity index (χ3n) is 2.52. The molecule has 0 amide bonds. The van der Waals surface area contributed by atoms with Crippen LogP contribution in [0.4, 0.5) is 5.69 Å². The van der Waals surface area contributed by atoms with Gasteiger partial charge in [-0.25, -0.2) is 4.99 Å². The Hall–Kier alpha value is -2.76. The fourth-order valence-corrected chi connectivity index (χ4v) is 1.78. The first kappa shape index (κ1) is 12.7. The van der Waals surface area contributed by atoms with Crippen molar-refractivity contribution >= 4 is 28.4 Å². The number of fused-ring (bicyclic) bond motifs is 1. The fourth-order valence-electron chi connectivity index (χ4n) is 1.78. The van der Waals surface area contributed by atoms with Crippen LogP contribution in [0, 0.1) is 0 Å². The molecule has 0 aliphatic heterocycles. The lowest BCUT2D eigenvalue weighted by Crippen LogP contribution is -2.26. The summed E-state index contributed by atoms with van der Waals surface area (Å²) in [5, 5.41) is 2.00. The van der Waals surface area contributed by atoms with E-state index in [2.05, 4.69) is 9.98 Å². The van der Waals surface area contributed by atoms with Gasteiger partial charge < -0.3 is 21.9 Å². The molecule has 0 atom stereocenters. The molecule has 0 spiro atoms. The van der Waals surface area contributed by atoms with Crippen molar-refractivity contribution in [2.45, 2.75) is 0 Å². The van der Waals surface area contributed by atoms with Crippen LogP contribution in [0.1, 0.15) is 0 Å². The third-order valence-corrected chi connectivity index (χ3v) is 2.52. The normalized spacial score (nSPS) is 11.3. The van der Waals surface area contributed by atoms with Gasteiger partial charge >= 0.3 is 0 Å². The Morgan fingerprint density at radius 3 is 2.53 bits per heavy atom. The van der Waals surface area contributed by atoms with Crippen LogP contribution in [0.2, 0.25) is 0 Å². The Labute approximate surface area is 110 Å². The molecule has 0 fully saturated rings. The quantitative estimate of drug-likeness (QED) is 0.551. The smallest absolute Gasteiger partial charge is 0.223 e. The van der Waals surface area contributed by atoms with Crippen LogP contribution in [-0.4, -0.2) is 19.0 Å². The molecule has 0 aliphatic carbocycles. The molecule has 0 saturated heterocycles. The molecule has 0 unspecified atom stereocenters. The lowest BCUT2D eigenvalue weighted by molar-refractivity contribution is 0.420. The van der Waals surface area contributed by atoms with E-state index in [-0.39, 0.29) is 11.9 Å². The molecular formula is C13H15N5O. The van der Waals surface area contributed by atoms with Gasteiger partial charge in [-0.15, -0.1) is 0 Å². The Morgan fingerprint density at radius 2 is 1.84 bits per heavy atom. The number of nitrogens with two attached hydrogens (primary N) is 3. The Bertz CT molecular complexity index is 659. The van der Waals surface area contributed by atoms with Crippen molar-refractivity contribution in [1.29, 1.82) is 0 Å². The molecule has 0 aliphatic rings. The van der Waals surface area contributed by atoms with Crippen molar-refractivity contribution in [1.82, 2.24) is 0 Å². The van der Waals surface area contributed by atoms with E-state index in [0.717, 1.165) is 10.8 Å². The van der Waals surface area contributed by atoms with Crippen molar-refractivity contribution in [3.63, 3.8) is 0 Å². The summed E-state index contributed by atoms with van der Waals surface area (Å²) in [7, 11) is 1.61. The van der Waals surface area contributed by atoms with Crippen molar-refractivity contribution in [2.75, 3.05) is 7.11 Å². The molecule has 6 heteroatoms. The van der Waals surface area contributed by atoms with Gasteiger partial charge in [-0.2, -0.15) is 4.99 Å². The average Bonchev–Trinajstić information content (AvgIpc) is 2.36. The van der Waals surface area contributed by atoms with E-state index in [1.807, 2.05) is 30.3 Å². The van der Waals surface area contributed by atoms with Gasteiger partial charge in [-0.3, -0.25) is 0 Å². The molecule has 2 aromatic rings. The summed E-state index contributed by atoms with van der Waals surface area (Å²) in [5.41, 5.74) is 16.7. The Balaban J connectivity index is 2.54. The molecule has 0 radical (unpaired) electrons. The van der Waals surface area contributed by atoms with Gasteiger partial charge in [0.25, 0.3) is 0 Å². The maximum atomic E-state index is 5.60. The first-order chi connectivity index (χ1) is 9.10. The number of hydrogen-bond donors (Lipinski definition) is 3. The van der Waals surface area contributed by atoms with Crippen LogP contribution in [0.5, 0.6) is 5.75 Å². The zero-order valence-electron chi connectivity index (χ0n) is 10.5. The monoisotopic (exact) mass is 257 g/mol. The molecule has 98 valence electrons. The molecule has 0 bridgehead atoms. The molecule has 6 nitrogen and oxygen atoms in total. The van der Waals surface area contributed by atoms with Crippen LogP contribution >= 0.6 is 0 Å². The van der Waals surface area contributed by atoms with E-state index >= 15 is 0 Å². The van der Waals surface area contributed by atoms with Crippen LogP contribution in [0.3, 0.4) is 0 Å². The highest BCUT2D eigenvalue weighted by Crippen LogP contribution is 2.31. The van der Waals surface area contributed by atoms with Gasteiger partial charge in [0.1, 0.15) is 5.75 Å². The molecule has 0 aromatic heterocycles. The maximum Gasteiger partial charge on any atom is 0.223 e. The summed E-state index contributed by atoms with van der Waals surface area (Å²) in [6.45, 7) is 0. The highest BCUT2D eigenvalue weighted by molar-refractivity contribution is 5.95. The largest absolute Gasteiger partial charge is 0.496 e. The zero-order chi connectivity index (χ0) is 13.8. The van der Waals surface area contributed by atoms with E-state index < -0.39 is 0 Å². The molecule has 0 saturated carbocycles. The third kappa shape index (κ3) is 2.92. The lowest BCUT2D eigenvalue weighted by atomic mass is 10.1. The van der Waals surface area contributed by atoms with E-state index in [1.165, 1.54) is 0 Å². The predicted molar refractivity (Wildman–Crippen MR) is 77.6 cm³/mol. The molecular weight excluding hydrogens is 242 g/mol. The highest BCUT2D eigenvalue weighted by atomic mass is 16.5. The summed E-state index contributed by atoms with van der Waals surface area (Å²) < 4.78 is 5.34. The Morgan fingerprint density at radius 1 is 1.11 bits per heavy atom. The summed E-state index contributed by atoms with van der Waals surface area (Å²) in [6.07, 6.45) is 0. The van der Waals surface area contributed by atoms with Gasteiger partial charge in [-0.1, -0.05) is 24.3 Å². The van der Waals surface area contributed by atoms with Crippen LogP contribution < -0.4 is 21.9 Å². The second-order valence-corrected chi connectivity index (χ2v) is 3.88. The van der Waals surface area contributed by atoms with E-state index in [1.54, 1.807) is 13.2 Å². The van der Waals surface area contributed by atoms with E-state index in [0.29, 0.717) is 11.4 Å². The standard InChI is InChI=1S/C13H15N5O/c1-19-11-7-9(17-13(16)18-12(14)15)6-8-4-2-3-5-10(8)11/h2-7H,1H3,(H6,14,15,16,17,18). The van der Waals surface area contributed by atoms with Crippen molar-refractivity contribution in [3.8, 4) is 5.75 Å². The van der Waals surface area contributed by atoms with Crippen LogP contribution in [0.15, 0.2) is 46.4 Å². The van der Waals surface area contributed by atoms with Crippen LogP contribution in [-0.2, 0) is 0 Å². The van der Waals surface area contributed by atoms with E-state index in [4.69, 9.17) is 21.9 Å². The number of hydrogen-bond acceptors (Lipinski definition) is 2. The Kier molecular flexibility index (Phi) is 3.51. The van der Waals surface area contributed by atoms with Crippen molar-refractivity contribution < 1.29 is 4.74 Å². The predicted octanol–water partition coefficient (Wildman–Crippen LogP) is 1.07. The summed E-state index contributed by atoms with van der Waals surface area (Å²) in [4.78, 5) is 7.79. The second kappa shape index (κ2) is 5.26. The van der Waals surface area contributed by atoms with Gasteiger partial charge in [0.2, 0.25) is 5.96 Å². The lowest BCUT2D eigenvalue weighted by Gasteiger charge is -2.06. The molecule has 2 rings (SSSR count). The minimum atomic E-state index is -0.131. The van der Waals surface area contributed by atoms with Crippen LogP contribution in [0.25, 0.3) is 10.8 Å². The summed E-state index contributed by atoms with van der Waals surface area (Å²) in [5.74, 6) is 0.584. The zero-order valence-corrected chi connectivity index (χ0v) is 10.5. The van der Waals surface area contributed by atoms with Gasteiger partial charge in [0.05, 0.1) is 12.8 Å². The molecule has 0 heterocycles. The minimum Gasteiger partial charge on any atom is -0.496 e. The topological polar surface area (TPSA) is 112 Å². The second-order valence-electron chi connectivity index (χ2n) is 3.88. The summed E-state index contributed by atoms with van der Waals surface area (Å²) >= 11 is 0. The van der Waals surface area contributed by atoms with Gasteiger partial charge in [0.15, 0.2) is 5.96 Å². The van der Waals surface area contributed by atoms with Crippen molar-refractivity contribution in [3.05, 3.63) is 36.4 Å². The SMILES string of the molecule is COc1cc(N=C(N)N=C(N)N)cc2ccccc12. The van der Waals surface area contributed by atoms with Crippen molar-refractivity contribution in [2.24, 2.45) is 27.2 Å². The number of methoxy groups -OCH3 is 1. The van der Waals surface area contributed by atoms with E-state index in [9.17, 15) is 0 Å². The summed E-state index contributed by atoms with van der Waals surface area (Å²) in [6, 6.07) is 11.5. The number of rotatable bonds is 2. The fraction of sp³-hybridized carbons (Fsp3) is 0.0769. The number of ether oxygens (including phenoxy) is 1.